The van der Waals surface area contributed by atoms with Crippen LogP contribution in [0.2, 0.25) is 0 Å². The maximum atomic E-state index is 4.82. The first kappa shape index (κ1) is 24.7. The summed E-state index contributed by atoms with van der Waals surface area (Å²) in [6.45, 7) is 11.3. The Hall–Kier alpha value is -1.61. The summed E-state index contributed by atoms with van der Waals surface area (Å²) in [7, 11) is 2.00. The molecule has 7 heteroatoms. The fraction of sp³-hybridized carbons (Fsp3) is 0.565. The second-order valence-corrected chi connectivity index (χ2v) is 7.96. The summed E-state index contributed by atoms with van der Waals surface area (Å²) in [6.07, 6.45) is 3.23. The third-order valence-electron chi connectivity index (χ3n) is 5.81. The second kappa shape index (κ2) is 12.3. The van der Waals surface area contributed by atoms with E-state index in [-0.39, 0.29) is 24.0 Å². The molecule has 1 saturated heterocycles. The number of piperidine rings is 1. The van der Waals surface area contributed by atoms with Crippen LogP contribution < -0.4 is 10.6 Å². The highest BCUT2D eigenvalue weighted by atomic mass is 127. The third-order valence-corrected chi connectivity index (χ3v) is 5.81. The molecular formula is C23H37IN6. The smallest absolute Gasteiger partial charge is 0.191 e. The van der Waals surface area contributed by atoms with Crippen LogP contribution in [0.1, 0.15) is 42.3 Å². The fourth-order valence-corrected chi connectivity index (χ4v) is 4.05. The number of aryl methyl sites for hydroxylation is 2. The van der Waals surface area contributed by atoms with E-state index in [9.17, 15) is 0 Å². The summed E-state index contributed by atoms with van der Waals surface area (Å²) in [5, 5.41) is 11.6. The molecule has 2 heterocycles. The molecule has 2 N–H and O–H groups in total. The molecule has 30 heavy (non-hydrogen) atoms. The van der Waals surface area contributed by atoms with Gasteiger partial charge in [0.15, 0.2) is 5.96 Å². The minimum absolute atomic E-state index is 0. The number of hydrogen-bond acceptors (Lipinski definition) is 3. The van der Waals surface area contributed by atoms with E-state index >= 15 is 0 Å². The zero-order valence-corrected chi connectivity index (χ0v) is 21.1. The summed E-state index contributed by atoms with van der Waals surface area (Å²) in [6, 6.07) is 11.2. The molecule has 0 radical (unpaired) electrons. The van der Waals surface area contributed by atoms with Crippen LogP contribution in [0.15, 0.2) is 35.3 Å². The van der Waals surface area contributed by atoms with Crippen molar-refractivity contribution in [3.05, 3.63) is 52.8 Å². The largest absolute Gasteiger partial charge is 0.357 e. The fourth-order valence-electron chi connectivity index (χ4n) is 4.05. The van der Waals surface area contributed by atoms with E-state index in [1.54, 1.807) is 0 Å². The van der Waals surface area contributed by atoms with Crippen LogP contribution in [-0.2, 0) is 20.0 Å². The quantitative estimate of drug-likeness (QED) is 0.331. The van der Waals surface area contributed by atoms with Crippen molar-refractivity contribution in [2.24, 2.45) is 12.0 Å². The summed E-state index contributed by atoms with van der Waals surface area (Å²) >= 11 is 0. The first-order chi connectivity index (χ1) is 14.1. The summed E-state index contributed by atoms with van der Waals surface area (Å²) in [4.78, 5) is 7.37. The predicted molar refractivity (Wildman–Crippen MR) is 136 cm³/mol. The molecule has 0 bridgehead atoms. The van der Waals surface area contributed by atoms with Crippen molar-refractivity contribution >= 4 is 29.9 Å². The Morgan fingerprint density at radius 3 is 2.47 bits per heavy atom. The van der Waals surface area contributed by atoms with Crippen LogP contribution in [-0.4, -0.2) is 52.9 Å². The van der Waals surface area contributed by atoms with Gasteiger partial charge in [0, 0.05) is 51.5 Å². The van der Waals surface area contributed by atoms with Crippen molar-refractivity contribution < 1.29 is 0 Å². The monoisotopic (exact) mass is 524 g/mol. The molecule has 2 aromatic rings. The molecule has 0 saturated carbocycles. The first-order valence-corrected chi connectivity index (χ1v) is 10.9. The topological polar surface area (TPSA) is 57.5 Å². The maximum absolute atomic E-state index is 4.82. The molecule has 0 atom stereocenters. The van der Waals surface area contributed by atoms with Crippen molar-refractivity contribution in [2.75, 3.05) is 26.2 Å². The molecule has 1 aliphatic heterocycles. The predicted octanol–water partition coefficient (Wildman–Crippen LogP) is 3.42. The number of aliphatic imine (C=N–C) groups is 1. The van der Waals surface area contributed by atoms with Crippen LogP contribution in [0, 0.1) is 13.8 Å². The minimum atomic E-state index is 0. The highest BCUT2D eigenvalue weighted by Crippen LogP contribution is 2.14. The van der Waals surface area contributed by atoms with Crippen molar-refractivity contribution in [3.8, 4) is 0 Å². The van der Waals surface area contributed by atoms with Crippen LogP contribution >= 0.6 is 24.0 Å². The lowest BCUT2D eigenvalue weighted by atomic mass is 10.0. The van der Waals surface area contributed by atoms with Gasteiger partial charge in [-0.05, 0) is 51.2 Å². The number of rotatable bonds is 7. The zero-order valence-electron chi connectivity index (χ0n) is 18.8. The number of nitrogens with zero attached hydrogens (tertiary/aromatic N) is 4. The van der Waals surface area contributed by atoms with Crippen molar-refractivity contribution in [1.82, 2.24) is 25.3 Å². The first-order valence-electron chi connectivity index (χ1n) is 10.9. The lowest BCUT2D eigenvalue weighted by Crippen LogP contribution is -2.48. The number of likely N-dealkylation sites (tertiary alicyclic amines) is 1. The van der Waals surface area contributed by atoms with Gasteiger partial charge >= 0.3 is 0 Å². The van der Waals surface area contributed by atoms with Gasteiger partial charge in [-0.2, -0.15) is 5.10 Å². The van der Waals surface area contributed by atoms with Gasteiger partial charge in [-0.1, -0.05) is 30.3 Å². The zero-order chi connectivity index (χ0) is 20.6. The van der Waals surface area contributed by atoms with E-state index in [4.69, 9.17) is 4.99 Å². The number of guanidine groups is 1. The van der Waals surface area contributed by atoms with Crippen LogP contribution in [0.3, 0.4) is 0 Å². The lowest BCUT2D eigenvalue weighted by Gasteiger charge is -2.33. The maximum Gasteiger partial charge on any atom is 0.191 e. The standard InChI is InChI=1S/C23H36N6.HI/c1-5-24-23(25-14-11-22-18(2)27-28(4)19(22)3)26-21-12-15-29(16-13-21)17-20-9-7-6-8-10-20;/h6-10,21H,5,11-17H2,1-4H3,(H2,24,25,26);1H. The van der Waals surface area contributed by atoms with Crippen LogP contribution in [0.25, 0.3) is 0 Å². The highest BCUT2D eigenvalue weighted by Gasteiger charge is 2.20. The van der Waals surface area contributed by atoms with Crippen LogP contribution in [0.4, 0.5) is 0 Å². The SMILES string of the molecule is CCNC(=NCCc1c(C)nn(C)c1C)NC1CCN(Cc2ccccc2)CC1.I. The van der Waals surface area contributed by atoms with E-state index < -0.39 is 0 Å². The van der Waals surface area contributed by atoms with E-state index in [0.29, 0.717) is 6.04 Å². The van der Waals surface area contributed by atoms with E-state index in [1.165, 1.54) is 16.8 Å². The number of halogens is 1. The number of hydrogen-bond donors (Lipinski definition) is 2. The van der Waals surface area contributed by atoms with Gasteiger partial charge in [0.2, 0.25) is 0 Å². The lowest BCUT2D eigenvalue weighted by molar-refractivity contribution is 0.198. The van der Waals surface area contributed by atoms with Crippen molar-refractivity contribution in [1.29, 1.82) is 0 Å². The molecule has 1 aliphatic rings. The Bertz CT molecular complexity index is 794. The molecule has 0 aliphatic carbocycles. The van der Waals surface area contributed by atoms with Gasteiger partial charge in [0.25, 0.3) is 0 Å². The van der Waals surface area contributed by atoms with E-state index in [1.807, 2.05) is 11.7 Å². The van der Waals surface area contributed by atoms with Crippen LogP contribution in [0.5, 0.6) is 0 Å². The molecule has 0 unspecified atom stereocenters. The van der Waals surface area contributed by atoms with Gasteiger partial charge in [0.1, 0.15) is 0 Å². The summed E-state index contributed by atoms with van der Waals surface area (Å²) in [5.41, 5.74) is 5.07. The Morgan fingerprint density at radius 2 is 1.87 bits per heavy atom. The van der Waals surface area contributed by atoms with Gasteiger partial charge < -0.3 is 10.6 Å². The van der Waals surface area contributed by atoms with Gasteiger partial charge in [-0.25, -0.2) is 0 Å². The molecule has 1 aromatic carbocycles. The average Bonchev–Trinajstić information content (AvgIpc) is 2.96. The number of nitrogens with one attached hydrogen (secondary N) is 2. The molecule has 0 spiro atoms. The third kappa shape index (κ3) is 6.97. The Labute approximate surface area is 198 Å². The number of benzene rings is 1. The van der Waals surface area contributed by atoms with E-state index in [0.717, 1.165) is 63.6 Å². The Morgan fingerprint density at radius 1 is 1.17 bits per heavy atom. The van der Waals surface area contributed by atoms with Gasteiger partial charge in [-0.15, -0.1) is 24.0 Å². The normalized spacial score (nSPS) is 15.7. The molecular weight excluding hydrogens is 487 g/mol. The van der Waals surface area contributed by atoms with E-state index in [2.05, 4.69) is 71.7 Å². The molecule has 3 rings (SSSR count). The Kier molecular flexibility index (Phi) is 10.1. The minimum Gasteiger partial charge on any atom is -0.357 e. The summed E-state index contributed by atoms with van der Waals surface area (Å²) in [5.74, 6) is 0.938. The molecule has 0 amide bonds. The average molecular weight is 524 g/mol. The molecule has 166 valence electrons. The van der Waals surface area contributed by atoms with Gasteiger partial charge in [-0.3, -0.25) is 14.6 Å². The second-order valence-electron chi connectivity index (χ2n) is 7.96. The Balaban J connectivity index is 0.00000320. The highest BCUT2D eigenvalue weighted by molar-refractivity contribution is 14.0. The van der Waals surface area contributed by atoms with Crippen molar-refractivity contribution in [2.45, 2.75) is 52.6 Å². The summed E-state index contributed by atoms with van der Waals surface area (Å²) < 4.78 is 1.96. The number of aromatic nitrogens is 2. The molecule has 1 fully saturated rings. The van der Waals surface area contributed by atoms with Gasteiger partial charge in [0.05, 0.1) is 5.69 Å². The molecule has 1 aromatic heterocycles. The molecule has 6 nitrogen and oxygen atoms in total. The van der Waals surface area contributed by atoms with Crippen molar-refractivity contribution in [3.63, 3.8) is 0 Å².